The molecule has 0 radical (unpaired) electrons. The molecule has 1 aromatic carbocycles. The average molecular weight is 251 g/mol. The minimum atomic E-state index is -3.94. The number of hydrogen-bond donors (Lipinski definition) is 1. The Labute approximate surface area is 90.6 Å². The van der Waals surface area contributed by atoms with E-state index in [1.165, 1.54) is 12.1 Å². The minimum absolute atomic E-state index is 0.0965. The van der Waals surface area contributed by atoms with Gasteiger partial charge in [0, 0.05) is 22.8 Å². The summed E-state index contributed by atoms with van der Waals surface area (Å²) in [6, 6.07) is 3.82. The number of rotatable bonds is 3. The SMILES string of the molecule is Cc1ccc([N+](=O)[O-])cc1NS(=O)(=O)Cl. The fourth-order valence-electron chi connectivity index (χ4n) is 0.965. The maximum atomic E-state index is 10.7. The molecule has 0 saturated carbocycles. The van der Waals surface area contributed by atoms with Crippen molar-refractivity contribution in [2.75, 3.05) is 4.72 Å². The van der Waals surface area contributed by atoms with Crippen molar-refractivity contribution in [3.8, 4) is 0 Å². The van der Waals surface area contributed by atoms with Gasteiger partial charge in [-0.2, -0.15) is 8.42 Å². The van der Waals surface area contributed by atoms with Crippen LogP contribution in [0.15, 0.2) is 18.2 Å². The molecule has 0 spiro atoms. The average Bonchev–Trinajstić information content (AvgIpc) is 2.06. The van der Waals surface area contributed by atoms with Crippen LogP contribution in [-0.2, 0) is 9.24 Å². The van der Waals surface area contributed by atoms with Crippen LogP contribution in [0.25, 0.3) is 0 Å². The molecular weight excluding hydrogens is 244 g/mol. The van der Waals surface area contributed by atoms with Crippen molar-refractivity contribution in [3.05, 3.63) is 33.9 Å². The van der Waals surface area contributed by atoms with Crippen molar-refractivity contribution in [2.45, 2.75) is 6.92 Å². The van der Waals surface area contributed by atoms with Crippen LogP contribution in [0.4, 0.5) is 11.4 Å². The van der Waals surface area contributed by atoms with Gasteiger partial charge in [-0.15, -0.1) is 0 Å². The molecular formula is C7H7ClN2O4S. The van der Waals surface area contributed by atoms with Crippen LogP contribution >= 0.6 is 10.7 Å². The van der Waals surface area contributed by atoms with Crippen LogP contribution in [0.3, 0.4) is 0 Å². The first-order valence-electron chi connectivity index (χ1n) is 3.77. The maximum absolute atomic E-state index is 10.7. The second kappa shape index (κ2) is 4.03. The van der Waals surface area contributed by atoms with Crippen LogP contribution in [0.2, 0.25) is 0 Å². The van der Waals surface area contributed by atoms with Crippen molar-refractivity contribution < 1.29 is 13.3 Å². The van der Waals surface area contributed by atoms with Crippen LogP contribution in [-0.4, -0.2) is 13.3 Å². The molecule has 0 aromatic heterocycles. The van der Waals surface area contributed by atoms with Gasteiger partial charge in [-0.05, 0) is 12.5 Å². The van der Waals surface area contributed by atoms with Gasteiger partial charge in [-0.1, -0.05) is 6.07 Å². The van der Waals surface area contributed by atoms with Crippen molar-refractivity contribution in [3.63, 3.8) is 0 Å². The summed E-state index contributed by atoms with van der Waals surface area (Å²) in [7, 11) is 1.02. The fraction of sp³-hybridized carbons (Fsp3) is 0.143. The van der Waals surface area contributed by atoms with Gasteiger partial charge in [-0.25, -0.2) is 0 Å². The van der Waals surface area contributed by atoms with E-state index >= 15 is 0 Å². The lowest BCUT2D eigenvalue weighted by Crippen LogP contribution is -2.06. The number of aryl methyl sites for hydroxylation is 1. The number of nitro benzene ring substituents is 1. The first kappa shape index (κ1) is 11.7. The summed E-state index contributed by atoms with van der Waals surface area (Å²) < 4.78 is 23.4. The molecule has 0 bridgehead atoms. The largest absolute Gasteiger partial charge is 0.319 e. The zero-order valence-corrected chi connectivity index (χ0v) is 9.17. The zero-order chi connectivity index (χ0) is 11.6. The molecule has 1 rings (SSSR count). The Morgan fingerprint density at radius 1 is 1.47 bits per heavy atom. The highest BCUT2D eigenvalue weighted by Gasteiger charge is 2.12. The molecule has 15 heavy (non-hydrogen) atoms. The van der Waals surface area contributed by atoms with E-state index in [0.29, 0.717) is 5.56 Å². The third kappa shape index (κ3) is 3.37. The molecule has 1 aromatic rings. The highest BCUT2D eigenvalue weighted by Crippen LogP contribution is 2.23. The van der Waals surface area contributed by atoms with E-state index in [1.807, 2.05) is 4.72 Å². The lowest BCUT2D eigenvalue weighted by atomic mass is 10.2. The molecule has 0 aliphatic rings. The van der Waals surface area contributed by atoms with E-state index in [4.69, 9.17) is 10.7 Å². The first-order valence-corrected chi connectivity index (χ1v) is 6.08. The van der Waals surface area contributed by atoms with Gasteiger partial charge in [-0.3, -0.25) is 14.8 Å². The lowest BCUT2D eigenvalue weighted by molar-refractivity contribution is -0.384. The Hall–Kier alpha value is -1.34. The number of halogens is 1. The van der Waals surface area contributed by atoms with Crippen LogP contribution in [0, 0.1) is 17.0 Å². The molecule has 0 aliphatic carbocycles. The van der Waals surface area contributed by atoms with E-state index in [0.717, 1.165) is 6.07 Å². The lowest BCUT2D eigenvalue weighted by Gasteiger charge is -2.05. The van der Waals surface area contributed by atoms with Gasteiger partial charge in [0.15, 0.2) is 0 Å². The molecule has 6 nitrogen and oxygen atoms in total. The summed E-state index contributed by atoms with van der Waals surface area (Å²) in [5.74, 6) is 0. The predicted molar refractivity (Wildman–Crippen MR) is 56.2 cm³/mol. The Balaban J connectivity index is 3.17. The summed E-state index contributed by atoms with van der Waals surface area (Å²) in [5.41, 5.74) is 0.437. The van der Waals surface area contributed by atoms with E-state index < -0.39 is 14.2 Å². The maximum Gasteiger partial charge on any atom is 0.319 e. The molecule has 82 valence electrons. The van der Waals surface area contributed by atoms with E-state index in [-0.39, 0.29) is 11.4 Å². The molecule has 0 atom stereocenters. The molecule has 0 fully saturated rings. The summed E-state index contributed by atoms with van der Waals surface area (Å²) in [5, 5.41) is 10.4. The number of non-ortho nitro benzene ring substituents is 1. The standard InChI is InChI=1S/C7H7ClN2O4S/c1-5-2-3-6(10(11)12)4-7(5)9-15(8,13)14/h2-4,9H,1H3. The quantitative estimate of drug-likeness (QED) is 0.503. The highest BCUT2D eigenvalue weighted by atomic mass is 35.7. The second-order valence-electron chi connectivity index (χ2n) is 2.80. The minimum Gasteiger partial charge on any atom is -0.270 e. The molecule has 0 saturated heterocycles. The number of nitrogens with zero attached hydrogens (tertiary/aromatic N) is 1. The third-order valence-corrected chi connectivity index (χ3v) is 2.36. The van der Waals surface area contributed by atoms with Gasteiger partial charge >= 0.3 is 9.24 Å². The predicted octanol–water partition coefficient (Wildman–Crippen LogP) is 1.80. The van der Waals surface area contributed by atoms with Crippen molar-refractivity contribution in [1.82, 2.24) is 0 Å². The fourth-order valence-corrected chi connectivity index (χ4v) is 1.70. The van der Waals surface area contributed by atoms with Crippen LogP contribution in [0.1, 0.15) is 5.56 Å². The number of nitro groups is 1. The van der Waals surface area contributed by atoms with Crippen LogP contribution < -0.4 is 4.72 Å². The molecule has 0 heterocycles. The Bertz CT molecular complexity index is 500. The second-order valence-corrected chi connectivity index (χ2v) is 5.09. The monoisotopic (exact) mass is 250 g/mol. The summed E-state index contributed by atoms with van der Waals surface area (Å²) >= 11 is 0. The Morgan fingerprint density at radius 3 is 2.53 bits per heavy atom. The zero-order valence-electron chi connectivity index (χ0n) is 7.60. The normalized spacial score (nSPS) is 11.1. The van der Waals surface area contributed by atoms with Gasteiger partial charge in [0.1, 0.15) is 0 Å². The highest BCUT2D eigenvalue weighted by molar-refractivity contribution is 8.14. The number of anilines is 1. The van der Waals surface area contributed by atoms with Gasteiger partial charge in [0.2, 0.25) is 0 Å². The Morgan fingerprint density at radius 2 is 2.07 bits per heavy atom. The number of hydrogen-bond acceptors (Lipinski definition) is 4. The van der Waals surface area contributed by atoms with Crippen LogP contribution in [0.5, 0.6) is 0 Å². The Kier molecular flexibility index (Phi) is 3.15. The van der Waals surface area contributed by atoms with Crippen molar-refractivity contribution >= 4 is 31.3 Å². The van der Waals surface area contributed by atoms with Crippen molar-refractivity contribution in [1.29, 1.82) is 0 Å². The van der Waals surface area contributed by atoms with E-state index in [9.17, 15) is 18.5 Å². The van der Waals surface area contributed by atoms with Gasteiger partial charge < -0.3 is 0 Å². The first-order chi connectivity index (χ1) is 6.79. The third-order valence-electron chi connectivity index (χ3n) is 1.66. The summed E-state index contributed by atoms with van der Waals surface area (Å²) in [6.45, 7) is 1.61. The van der Waals surface area contributed by atoms with E-state index in [2.05, 4.69) is 0 Å². The number of nitrogens with one attached hydrogen (secondary N) is 1. The molecule has 0 unspecified atom stereocenters. The van der Waals surface area contributed by atoms with Crippen molar-refractivity contribution in [2.24, 2.45) is 0 Å². The molecule has 8 heteroatoms. The molecule has 0 aliphatic heterocycles. The topological polar surface area (TPSA) is 89.3 Å². The smallest absolute Gasteiger partial charge is 0.270 e. The number of benzene rings is 1. The summed E-state index contributed by atoms with van der Waals surface area (Å²) in [4.78, 5) is 9.81. The summed E-state index contributed by atoms with van der Waals surface area (Å²) in [6.07, 6.45) is 0. The molecule has 0 amide bonds. The van der Waals surface area contributed by atoms with E-state index in [1.54, 1.807) is 6.92 Å². The molecule has 1 N–H and O–H groups in total. The van der Waals surface area contributed by atoms with Gasteiger partial charge in [0.05, 0.1) is 10.6 Å². The van der Waals surface area contributed by atoms with Gasteiger partial charge in [0.25, 0.3) is 5.69 Å².